The van der Waals surface area contributed by atoms with Crippen molar-refractivity contribution in [3.8, 4) is 0 Å². The van der Waals surface area contributed by atoms with E-state index in [9.17, 15) is 17.9 Å². The van der Waals surface area contributed by atoms with E-state index in [2.05, 4.69) is 15.9 Å². The molecule has 1 aliphatic rings. The molecule has 2 rings (SSSR count). The van der Waals surface area contributed by atoms with Gasteiger partial charge >= 0.3 is 0 Å². The predicted octanol–water partition coefficient (Wildman–Crippen LogP) is 1.34. The second kappa shape index (κ2) is 4.64. The Morgan fingerprint density at radius 3 is 2.76 bits per heavy atom. The van der Waals surface area contributed by atoms with Gasteiger partial charge in [0.25, 0.3) is 0 Å². The molecule has 1 atom stereocenters. The summed E-state index contributed by atoms with van der Waals surface area (Å²) in [4.78, 5) is -0.360. The van der Waals surface area contributed by atoms with Crippen molar-refractivity contribution in [2.75, 3.05) is 13.1 Å². The Morgan fingerprint density at radius 2 is 2.18 bits per heavy atom. The number of nitrogens with zero attached hydrogens (tertiary/aromatic N) is 1. The first-order valence-corrected chi connectivity index (χ1v) is 7.28. The van der Waals surface area contributed by atoms with Crippen LogP contribution in [0.2, 0.25) is 0 Å². The van der Waals surface area contributed by atoms with Crippen molar-refractivity contribution in [2.45, 2.75) is 17.4 Å². The molecule has 0 aromatic heterocycles. The van der Waals surface area contributed by atoms with Crippen LogP contribution in [0.3, 0.4) is 0 Å². The summed E-state index contributed by atoms with van der Waals surface area (Å²) in [7, 11) is -3.86. The average Bonchev–Trinajstić information content (AvgIpc) is 2.69. The van der Waals surface area contributed by atoms with E-state index in [-0.39, 0.29) is 18.0 Å². The third-order valence-electron chi connectivity index (χ3n) is 2.64. The second-order valence-corrected chi connectivity index (χ2v) is 6.70. The number of hydrogen-bond acceptors (Lipinski definition) is 3. The zero-order valence-corrected chi connectivity index (χ0v) is 11.2. The Bertz CT molecular complexity index is 534. The number of halogens is 2. The topological polar surface area (TPSA) is 57.6 Å². The molecule has 0 aliphatic carbocycles. The molecule has 4 nitrogen and oxygen atoms in total. The molecule has 94 valence electrons. The number of β-amino-alcohol motifs (C(OH)–C–C–N with tert-alkyl or cyclic N) is 1. The normalized spacial score (nSPS) is 21.9. The maximum Gasteiger partial charge on any atom is 0.246 e. The molecule has 0 spiro atoms. The van der Waals surface area contributed by atoms with Crippen molar-refractivity contribution >= 4 is 26.0 Å². The van der Waals surface area contributed by atoms with E-state index in [0.29, 0.717) is 10.9 Å². The highest BCUT2D eigenvalue weighted by Crippen LogP contribution is 2.25. The van der Waals surface area contributed by atoms with Gasteiger partial charge in [-0.2, -0.15) is 4.31 Å². The van der Waals surface area contributed by atoms with Gasteiger partial charge in [0.2, 0.25) is 10.0 Å². The summed E-state index contributed by atoms with van der Waals surface area (Å²) >= 11 is 3.11. The molecule has 0 amide bonds. The van der Waals surface area contributed by atoms with E-state index in [1.54, 1.807) is 0 Å². The molecule has 1 heterocycles. The molecular weight excluding hydrogens is 313 g/mol. The van der Waals surface area contributed by atoms with Crippen molar-refractivity contribution in [1.29, 1.82) is 0 Å². The summed E-state index contributed by atoms with van der Waals surface area (Å²) in [6, 6.07) is 3.77. The van der Waals surface area contributed by atoms with Gasteiger partial charge < -0.3 is 5.11 Å². The molecule has 1 saturated heterocycles. The van der Waals surface area contributed by atoms with Gasteiger partial charge in [0, 0.05) is 17.6 Å². The lowest BCUT2D eigenvalue weighted by Crippen LogP contribution is -2.30. The van der Waals surface area contributed by atoms with E-state index in [0.717, 1.165) is 10.4 Å². The Morgan fingerprint density at radius 1 is 1.47 bits per heavy atom. The third-order valence-corrected chi connectivity index (χ3v) is 5.01. The summed E-state index contributed by atoms with van der Waals surface area (Å²) in [5, 5.41) is 9.32. The fourth-order valence-corrected chi connectivity index (χ4v) is 3.84. The first-order valence-electron chi connectivity index (χ1n) is 5.04. The Balaban J connectivity index is 2.41. The van der Waals surface area contributed by atoms with Crippen LogP contribution in [0.15, 0.2) is 27.6 Å². The van der Waals surface area contributed by atoms with Crippen molar-refractivity contribution in [3.05, 3.63) is 28.5 Å². The smallest absolute Gasteiger partial charge is 0.246 e. The SMILES string of the molecule is O=S(=O)(c1cc(Br)ccc1F)N1CC[C@H](O)C1. The molecule has 1 fully saturated rings. The van der Waals surface area contributed by atoms with Crippen LogP contribution in [0, 0.1) is 5.82 Å². The van der Waals surface area contributed by atoms with Crippen molar-refractivity contribution in [2.24, 2.45) is 0 Å². The number of benzene rings is 1. The van der Waals surface area contributed by atoms with Crippen LogP contribution in [-0.4, -0.2) is 37.0 Å². The van der Waals surface area contributed by atoms with Gasteiger partial charge in [0.05, 0.1) is 6.10 Å². The van der Waals surface area contributed by atoms with Crippen LogP contribution in [-0.2, 0) is 10.0 Å². The van der Waals surface area contributed by atoms with E-state index in [1.807, 2.05) is 0 Å². The first-order chi connectivity index (χ1) is 7.91. The quantitative estimate of drug-likeness (QED) is 0.893. The number of aliphatic hydroxyl groups is 1. The zero-order valence-electron chi connectivity index (χ0n) is 8.81. The fraction of sp³-hybridized carbons (Fsp3) is 0.400. The summed E-state index contributed by atoms with van der Waals surface area (Å²) in [6.07, 6.45) is -0.283. The molecule has 0 radical (unpaired) electrons. The van der Waals surface area contributed by atoms with Gasteiger partial charge in [0.15, 0.2) is 0 Å². The van der Waals surface area contributed by atoms with Crippen LogP contribution in [0.25, 0.3) is 0 Å². The molecule has 0 unspecified atom stereocenters. The van der Waals surface area contributed by atoms with Gasteiger partial charge in [-0.15, -0.1) is 0 Å². The van der Waals surface area contributed by atoms with E-state index >= 15 is 0 Å². The van der Waals surface area contributed by atoms with Gasteiger partial charge in [-0.25, -0.2) is 12.8 Å². The van der Waals surface area contributed by atoms with Crippen LogP contribution in [0.1, 0.15) is 6.42 Å². The Kier molecular flexibility index (Phi) is 3.53. The maximum atomic E-state index is 13.5. The molecule has 1 aliphatic heterocycles. The molecule has 7 heteroatoms. The molecule has 1 N–H and O–H groups in total. The highest BCUT2D eigenvalue weighted by Gasteiger charge is 2.33. The van der Waals surface area contributed by atoms with Gasteiger partial charge in [-0.05, 0) is 24.6 Å². The highest BCUT2D eigenvalue weighted by molar-refractivity contribution is 9.10. The van der Waals surface area contributed by atoms with Gasteiger partial charge in [0.1, 0.15) is 10.7 Å². The van der Waals surface area contributed by atoms with E-state index < -0.39 is 21.9 Å². The van der Waals surface area contributed by atoms with E-state index in [1.165, 1.54) is 12.1 Å². The van der Waals surface area contributed by atoms with E-state index in [4.69, 9.17) is 0 Å². The van der Waals surface area contributed by atoms with Gasteiger partial charge in [-0.1, -0.05) is 15.9 Å². The summed E-state index contributed by atoms with van der Waals surface area (Å²) in [6.45, 7) is 0.240. The van der Waals surface area contributed by atoms with Crippen molar-refractivity contribution in [1.82, 2.24) is 4.31 Å². The molecule has 0 saturated carbocycles. The summed E-state index contributed by atoms with van der Waals surface area (Å²) < 4.78 is 39.3. The predicted molar refractivity (Wildman–Crippen MR) is 63.5 cm³/mol. The van der Waals surface area contributed by atoms with Crippen LogP contribution in [0.4, 0.5) is 4.39 Å². The minimum absolute atomic E-state index is 0.0221. The minimum atomic E-state index is -3.86. The number of aliphatic hydroxyl groups excluding tert-OH is 1. The molecule has 1 aromatic rings. The van der Waals surface area contributed by atoms with Crippen LogP contribution < -0.4 is 0 Å². The number of rotatable bonds is 2. The molecule has 1 aromatic carbocycles. The van der Waals surface area contributed by atoms with Crippen molar-refractivity contribution in [3.63, 3.8) is 0 Å². The standard InChI is InChI=1S/C10H11BrFNO3S/c11-7-1-2-9(12)10(5-7)17(15,16)13-4-3-8(14)6-13/h1-2,5,8,14H,3-4,6H2/t8-/m0/s1. The Hall–Kier alpha value is -0.500. The molecule has 0 bridgehead atoms. The minimum Gasteiger partial charge on any atom is -0.392 e. The third kappa shape index (κ3) is 2.52. The average molecular weight is 324 g/mol. The van der Waals surface area contributed by atoms with Crippen molar-refractivity contribution < 1.29 is 17.9 Å². The first kappa shape index (κ1) is 12.9. The summed E-state index contributed by atoms with van der Waals surface area (Å²) in [5.74, 6) is -0.783. The zero-order chi connectivity index (χ0) is 12.6. The highest BCUT2D eigenvalue weighted by atomic mass is 79.9. The number of sulfonamides is 1. The fourth-order valence-electron chi connectivity index (χ4n) is 1.74. The Labute approximate surface area is 107 Å². The lowest BCUT2D eigenvalue weighted by Gasteiger charge is -2.16. The molecule has 17 heavy (non-hydrogen) atoms. The van der Waals surface area contributed by atoms with Crippen LogP contribution >= 0.6 is 15.9 Å². The van der Waals surface area contributed by atoms with Crippen LogP contribution in [0.5, 0.6) is 0 Å². The largest absolute Gasteiger partial charge is 0.392 e. The lowest BCUT2D eigenvalue weighted by atomic mass is 10.3. The monoisotopic (exact) mass is 323 g/mol. The second-order valence-electron chi connectivity index (χ2n) is 3.88. The maximum absolute atomic E-state index is 13.5. The summed E-state index contributed by atoms with van der Waals surface area (Å²) in [5.41, 5.74) is 0. The number of hydrogen-bond donors (Lipinski definition) is 1. The molecular formula is C10H11BrFNO3S. The lowest BCUT2D eigenvalue weighted by molar-refractivity contribution is 0.189. The van der Waals surface area contributed by atoms with Gasteiger partial charge in [-0.3, -0.25) is 0 Å².